The van der Waals surface area contributed by atoms with Gasteiger partial charge in [0.1, 0.15) is 0 Å². The first-order valence-electron chi connectivity index (χ1n) is 2.13. The Morgan fingerprint density at radius 2 is 1.00 bits per heavy atom. The Balaban J connectivity index is -0.000000187. The van der Waals surface area contributed by atoms with Crippen LogP contribution in [0.2, 0.25) is 0 Å². The van der Waals surface area contributed by atoms with E-state index in [-0.39, 0.29) is 18.9 Å². The van der Waals surface area contributed by atoms with Crippen LogP contribution >= 0.6 is 0 Å². The third-order valence-electron chi connectivity index (χ3n) is 0.292. The summed E-state index contributed by atoms with van der Waals surface area (Å²) in [5.41, 5.74) is -5.53. The van der Waals surface area contributed by atoms with Gasteiger partial charge in [-0.2, -0.15) is 21.6 Å². The fraction of sp³-hybridized carbons (Fsp3) is 1.00. The molecule has 1 N–H and O–H groups in total. The predicted octanol–water partition coefficient (Wildman–Crippen LogP) is 1.47. The van der Waals surface area contributed by atoms with Crippen LogP contribution in [0.3, 0.4) is 0 Å². The number of rotatable bonds is 0. The van der Waals surface area contributed by atoms with Gasteiger partial charge in [-0.25, -0.2) is 0 Å². The van der Waals surface area contributed by atoms with Crippen LogP contribution in [-0.2, 0) is 10.1 Å². The van der Waals surface area contributed by atoms with Crippen LogP contribution < -0.4 is 0 Å². The van der Waals surface area contributed by atoms with E-state index in [0.29, 0.717) is 0 Å². The van der Waals surface area contributed by atoms with Crippen molar-refractivity contribution in [3.05, 3.63) is 0 Å². The van der Waals surface area contributed by atoms with E-state index in [0.717, 1.165) is 0 Å². The number of alkyl halides is 3. The maximum absolute atomic E-state index is 10.7. The molecule has 0 atom stereocenters. The zero-order valence-corrected chi connectivity index (χ0v) is 8.34. The van der Waals surface area contributed by atoms with Gasteiger partial charge in [0, 0.05) is 0 Å². The molecule has 0 bridgehead atoms. The molecule has 0 aromatic carbocycles. The molecule has 0 heterocycles. The SMILES string of the molecule is F[As](F)(F)(F)F.O=S(=O)(O)C(F)(F)F.[LiH]. The van der Waals surface area contributed by atoms with Gasteiger partial charge in [-0.1, -0.05) is 0 Å². The molecule has 3 nitrogen and oxygen atoms in total. The summed E-state index contributed by atoms with van der Waals surface area (Å²) >= 11 is -8.99. The molecule has 0 aliphatic heterocycles. The summed E-state index contributed by atoms with van der Waals surface area (Å²) in [7, 11) is -5.84. The summed E-state index contributed by atoms with van der Waals surface area (Å²) in [5.74, 6) is 0. The zero-order valence-electron chi connectivity index (χ0n) is 5.64. The summed E-state index contributed by atoms with van der Waals surface area (Å²) in [6, 6.07) is 0. The van der Waals surface area contributed by atoms with Crippen molar-refractivity contribution in [2.75, 3.05) is 0 Å². The molecule has 0 aromatic rings. The van der Waals surface area contributed by atoms with E-state index < -0.39 is 30.4 Å². The molecule has 0 unspecified atom stereocenters. The topological polar surface area (TPSA) is 54.4 Å². The van der Waals surface area contributed by atoms with Gasteiger partial charge in [-0.3, -0.25) is 4.55 Å². The average molecular weight is 328 g/mol. The first-order chi connectivity index (χ1) is 5.49. The molecule has 0 fully saturated rings. The van der Waals surface area contributed by atoms with Crippen molar-refractivity contribution in [2.45, 2.75) is 5.51 Å². The molecule has 0 saturated carbocycles. The zero-order chi connectivity index (χ0) is 12.4. The molecular formula is CH2AsF8LiO3S. The van der Waals surface area contributed by atoms with Gasteiger partial charge in [0.05, 0.1) is 0 Å². The van der Waals surface area contributed by atoms with Crippen molar-refractivity contribution in [1.29, 1.82) is 0 Å². The van der Waals surface area contributed by atoms with Crippen molar-refractivity contribution < 1.29 is 43.5 Å². The molecular weight excluding hydrogens is 326 g/mol. The van der Waals surface area contributed by atoms with E-state index in [9.17, 15) is 30.5 Å². The van der Waals surface area contributed by atoms with Gasteiger partial charge in [-0.15, -0.1) is 0 Å². The Kier molecular flexibility index (Phi) is 7.27. The monoisotopic (exact) mass is 328 g/mol. The van der Waals surface area contributed by atoms with E-state index in [4.69, 9.17) is 13.0 Å². The molecule has 0 amide bonds. The molecule has 0 aromatic heterocycles. The van der Waals surface area contributed by atoms with Crippen LogP contribution in [-0.4, -0.2) is 52.1 Å². The second-order valence-corrected chi connectivity index (χ2v) is 5.65. The Bertz CT molecular complexity index is 268. The van der Waals surface area contributed by atoms with Crippen LogP contribution in [0.1, 0.15) is 0 Å². The first kappa shape index (κ1) is 20.9. The standard InChI is InChI=1S/CHF3O3S.AsF5.Li.H/c2-1(3,4)8(5,6)7;2-1(3,4,5)6;;/h(H,5,6,7);;;. The fourth-order valence-corrected chi connectivity index (χ4v) is 0. The van der Waals surface area contributed by atoms with Gasteiger partial charge < -0.3 is 0 Å². The summed E-state index contributed by atoms with van der Waals surface area (Å²) in [6.45, 7) is 0. The molecule has 14 heteroatoms. The van der Waals surface area contributed by atoms with Gasteiger partial charge in [0.2, 0.25) is 0 Å². The van der Waals surface area contributed by atoms with Gasteiger partial charge in [0.15, 0.2) is 0 Å². The number of hydrogen-bond acceptors (Lipinski definition) is 2. The van der Waals surface area contributed by atoms with E-state index in [1.54, 1.807) is 0 Å². The molecule has 0 rings (SSSR count). The Hall–Kier alpha value is 0.506. The number of halogens is 8. The van der Waals surface area contributed by atoms with Crippen LogP contribution in [0, 0.1) is 0 Å². The van der Waals surface area contributed by atoms with Crippen molar-refractivity contribution >= 4 is 43.8 Å². The van der Waals surface area contributed by atoms with E-state index in [2.05, 4.69) is 0 Å². The van der Waals surface area contributed by atoms with E-state index in [1.807, 2.05) is 0 Å². The Morgan fingerprint density at radius 1 is 0.933 bits per heavy atom. The van der Waals surface area contributed by atoms with Crippen LogP contribution in [0.4, 0.5) is 30.5 Å². The minimum atomic E-state index is -8.99. The van der Waals surface area contributed by atoms with E-state index >= 15 is 0 Å². The van der Waals surface area contributed by atoms with Crippen LogP contribution in [0.15, 0.2) is 0 Å². The molecule has 0 aliphatic rings. The second-order valence-electron chi connectivity index (χ2n) is 1.56. The van der Waals surface area contributed by atoms with Gasteiger partial charge >= 0.3 is 66.6 Å². The quantitative estimate of drug-likeness (QED) is 0.317. The van der Waals surface area contributed by atoms with Gasteiger partial charge in [-0.05, 0) is 0 Å². The molecule has 15 heavy (non-hydrogen) atoms. The average Bonchev–Trinajstić information content (AvgIpc) is 1.47. The summed E-state index contributed by atoms with van der Waals surface area (Å²) < 4.78 is 107. The molecule has 0 spiro atoms. The van der Waals surface area contributed by atoms with Crippen molar-refractivity contribution in [3.63, 3.8) is 0 Å². The minimum absolute atomic E-state index is 0. The Labute approximate surface area is 92.9 Å². The third kappa shape index (κ3) is 25.1. The van der Waals surface area contributed by atoms with Gasteiger partial charge in [0.25, 0.3) is 0 Å². The molecule has 0 saturated heterocycles. The fourth-order valence-electron chi connectivity index (χ4n) is 0. The Morgan fingerprint density at radius 3 is 1.00 bits per heavy atom. The summed E-state index contributed by atoms with van der Waals surface area (Å²) in [5, 5.41) is 0. The molecule has 92 valence electrons. The third-order valence-corrected chi connectivity index (χ3v) is 0.877. The van der Waals surface area contributed by atoms with Crippen molar-refractivity contribution in [3.8, 4) is 0 Å². The summed E-state index contributed by atoms with van der Waals surface area (Å²) in [6.07, 6.45) is 0. The van der Waals surface area contributed by atoms with E-state index in [1.165, 1.54) is 0 Å². The number of hydrogen-bond donors (Lipinski definition) is 1. The normalized spacial score (nSPS) is 15.1. The molecule has 0 aliphatic carbocycles. The summed E-state index contributed by atoms with van der Waals surface area (Å²) in [4.78, 5) is 0. The van der Waals surface area contributed by atoms with Crippen molar-refractivity contribution in [1.82, 2.24) is 0 Å². The predicted molar refractivity (Wildman–Crippen MR) is 36.0 cm³/mol. The first-order valence-corrected chi connectivity index (χ1v) is 7.12. The van der Waals surface area contributed by atoms with Crippen LogP contribution in [0.25, 0.3) is 0 Å². The van der Waals surface area contributed by atoms with Crippen molar-refractivity contribution in [2.24, 2.45) is 0 Å². The molecule has 0 radical (unpaired) electrons. The van der Waals surface area contributed by atoms with Crippen LogP contribution in [0.5, 0.6) is 0 Å². The maximum atomic E-state index is 10.7. The second kappa shape index (κ2) is 5.22.